The van der Waals surface area contributed by atoms with Crippen LogP contribution < -0.4 is 0 Å². The minimum Gasteiger partial charge on any atom is -0.300 e. The molecule has 1 aliphatic heterocycles. The normalized spacial score (nSPS) is 14.6. The number of hydrogen-bond donors (Lipinski definition) is 0. The molecule has 1 aromatic carbocycles. The fourth-order valence-electron chi connectivity index (χ4n) is 1.96. The Labute approximate surface area is 124 Å². The van der Waals surface area contributed by atoms with Crippen LogP contribution in [0.5, 0.6) is 0 Å². The molecule has 21 heavy (non-hydrogen) atoms. The molecule has 0 saturated carbocycles. The van der Waals surface area contributed by atoms with Crippen LogP contribution in [0.4, 0.5) is 0 Å². The highest BCUT2D eigenvalue weighted by Crippen LogP contribution is 2.22. The summed E-state index contributed by atoms with van der Waals surface area (Å²) in [5.74, 6) is -0.931. The molecular formula is C16H20N2O3. The summed E-state index contributed by atoms with van der Waals surface area (Å²) in [7, 11) is 3.57. The van der Waals surface area contributed by atoms with Crippen molar-refractivity contribution in [1.82, 2.24) is 9.80 Å². The average molecular weight is 288 g/mol. The van der Waals surface area contributed by atoms with E-state index in [1.807, 2.05) is 0 Å². The van der Waals surface area contributed by atoms with E-state index in [1.165, 1.54) is 0 Å². The third-order valence-electron chi connectivity index (χ3n) is 3.43. The molecule has 0 saturated heterocycles. The predicted molar refractivity (Wildman–Crippen MR) is 81.2 cm³/mol. The van der Waals surface area contributed by atoms with Crippen LogP contribution in [-0.2, 0) is 4.79 Å². The van der Waals surface area contributed by atoms with E-state index >= 15 is 0 Å². The van der Waals surface area contributed by atoms with E-state index in [-0.39, 0.29) is 30.2 Å². The Balaban J connectivity index is 0.00000106. The largest absolute Gasteiger partial charge is 0.300 e. The Morgan fingerprint density at radius 1 is 1.14 bits per heavy atom. The molecule has 1 aliphatic rings. The molecule has 0 aromatic heterocycles. The number of Topliss-reactive ketones (excluding diaryl/α,β-unsaturated/α-hetero) is 1. The molecule has 2 amide bonds. The first-order chi connectivity index (χ1) is 9.93. The number of imide groups is 1. The quantitative estimate of drug-likeness (QED) is 0.624. The second kappa shape index (κ2) is 6.95. The third kappa shape index (κ3) is 3.25. The van der Waals surface area contributed by atoms with Gasteiger partial charge in [0.1, 0.15) is 0 Å². The average Bonchev–Trinajstić information content (AvgIpc) is 2.74. The van der Waals surface area contributed by atoms with Crippen molar-refractivity contribution in [1.29, 1.82) is 0 Å². The summed E-state index contributed by atoms with van der Waals surface area (Å²) >= 11 is 0. The van der Waals surface area contributed by atoms with Crippen molar-refractivity contribution >= 4 is 17.6 Å². The van der Waals surface area contributed by atoms with Gasteiger partial charge in [-0.05, 0) is 33.2 Å². The molecule has 1 aromatic rings. The Bertz CT molecular complexity index is 531. The molecule has 0 aliphatic carbocycles. The van der Waals surface area contributed by atoms with Gasteiger partial charge in [0.05, 0.1) is 23.7 Å². The Kier molecular flexibility index (Phi) is 5.55. The van der Waals surface area contributed by atoms with E-state index in [0.29, 0.717) is 11.1 Å². The van der Waals surface area contributed by atoms with E-state index in [1.54, 1.807) is 50.2 Å². The van der Waals surface area contributed by atoms with Crippen LogP contribution in [0.2, 0.25) is 0 Å². The number of ketones is 1. The van der Waals surface area contributed by atoms with Gasteiger partial charge < -0.3 is 0 Å². The number of nitrogens with zero attached hydrogens (tertiary/aromatic N) is 2. The highest BCUT2D eigenvalue weighted by atomic mass is 16.2. The Hall–Kier alpha value is -2.27. The van der Waals surface area contributed by atoms with Crippen molar-refractivity contribution in [3.05, 3.63) is 48.6 Å². The lowest BCUT2D eigenvalue weighted by molar-refractivity contribution is -0.123. The summed E-state index contributed by atoms with van der Waals surface area (Å²) in [5, 5.41) is 0. The number of amides is 2. The smallest absolute Gasteiger partial charge is 0.261 e. The molecule has 1 heterocycles. The molecule has 0 N–H and O–H groups in total. The van der Waals surface area contributed by atoms with Crippen LogP contribution in [0.3, 0.4) is 0 Å². The molecule has 0 bridgehead atoms. The van der Waals surface area contributed by atoms with Crippen molar-refractivity contribution < 1.29 is 14.4 Å². The second-order valence-corrected chi connectivity index (χ2v) is 4.85. The summed E-state index contributed by atoms with van der Waals surface area (Å²) in [6.07, 6.45) is 0. The maximum Gasteiger partial charge on any atom is 0.261 e. The topological polar surface area (TPSA) is 57.7 Å². The van der Waals surface area contributed by atoms with Gasteiger partial charge in [-0.2, -0.15) is 0 Å². The monoisotopic (exact) mass is 288 g/mol. The second-order valence-electron chi connectivity index (χ2n) is 4.85. The molecule has 5 heteroatoms. The van der Waals surface area contributed by atoms with Crippen LogP contribution in [0.1, 0.15) is 27.6 Å². The maximum absolute atomic E-state index is 12.1. The van der Waals surface area contributed by atoms with Crippen LogP contribution in [0.25, 0.3) is 0 Å². The number of rotatable bonds is 4. The van der Waals surface area contributed by atoms with Gasteiger partial charge in [0.2, 0.25) is 0 Å². The molecule has 1 unspecified atom stereocenters. The standard InChI is InChI=1S/C14H16N2O3.C2H4/c1-9(15(2)3)12(17)8-16-13(18)10-6-4-5-7-11(10)14(16)19;1-2/h4-7,9H,8H2,1-3H3;1-2H2. The van der Waals surface area contributed by atoms with E-state index in [4.69, 9.17) is 0 Å². The third-order valence-corrected chi connectivity index (χ3v) is 3.43. The first kappa shape index (κ1) is 16.8. The zero-order valence-corrected chi connectivity index (χ0v) is 12.6. The molecule has 5 nitrogen and oxygen atoms in total. The number of carbonyl (C=O) groups is 3. The lowest BCUT2D eigenvalue weighted by Gasteiger charge is -2.21. The van der Waals surface area contributed by atoms with Crippen molar-refractivity contribution in [2.75, 3.05) is 20.6 Å². The van der Waals surface area contributed by atoms with Crippen LogP contribution >= 0.6 is 0 Å². The van der Waals surface area contributed by atoms with Gasteiger partial charge in [-0.15, -0.1) is 13.2 Å². The molecule has 1 atom stereocenters. The van der Waals surface area contributed by atoms with E-state index in [0.717, 1.165) is 4.90 Å². The highest BCUT2D eigenvalue weighted by molar-refractivity contribution is 6.22. The molecule has 0 fully saturated rings. The van der Waals surface area contributed by atoms with E-state index in [2.05, 4.69) is 13.2 Å². The summed E-state index contributed by atoms with van der Waals surface area (Å²) in [5.41, 5.74) is 0.746. The number of likely N-dealkylation sites (N-methyl/N-ethyl adjacent to an activating group) is 1. The van der Waals surface area contributed by atoms with E-state index < -0.39 is 0 Å². The van der Waals surface area contributed by atoms with E-state index in [9.17, 15) is 14.4 Å². The van der Waals surface area contributed by atoms with Gasteiger partial charge in [-0.1, -0.05) is 12.1 Å². The predicted octanol–water partition coefficient (Wildman–Crippen LogP) is 1.60. The lowest BCUT2D eigenvalue weighted by atomic mass is 10.1. The van der Waals surface area contributed by atoms with Crippen molar-refractivity contribution in [2.45, 2.75) is 13.0 Å². The highest BCUT2D eigenvalue weighted by Gasteiger charge is 2.36. The van der Waals surface area contributed by atoms with Crippen molar-refractivity contribution in [3.8, 4) is 0 Å². The lowest BCUT2D eigenvalue weighted by Crippen LogP contribution is -2.42. The first-order valence-corrected chi connectivity index (χ1v) is 6.58. The zero-order chi connectivity index (χ0) is 16.2. The van der Waals surface area contributed by atoms with Gasteiger partial charge >= 0.3 is 0 Å². The number of fused-ring (bicyclic) bond motifs is 1. The molecule has 112 valence electrons. The number of hydrogen-bond acceptors (Lipinski definition) is 4. The summed E-state index contributed by atoms with van der Waals surface area (Å²) in [4.78, 5) is 38.9. The molecule has 0 radical (unpaired) electrons. The van der Waals surface area contributed by atoms with Gasteiger partial charge in [0.15, 0.2) is 5.78 Å². The van der Waals surface area contributed by atoms with Crippen LogP contribution in [0.15, 0.2) is 37.4 Å². The van der Waals surface area contributed by atoms with Crippen molar-refractivity contribution in [2.24, 2.45) is 0 Å². The number of carbonyl (C=O) groups excluding carboxylic acids is 3. The molecular weight excluding hydrogens is 268 g/mol. The van der Waals surface area contributed by atoms with Gasteiger partial charge in [-0.3, -0.25) is 24.2 Å². The van der Waals surface area contributed by atoms with Crippen molar-refractivity contribution in [3.63, 3.8) is 0 Å². The van der Waals surface area contributed by atoms with Gasteiger partial charge in [0, 0.05) is 0 Å². The SMILES string of the molecule is C=C.CC(C(=O)CN1C(=O)c2ccccc2C1=O)N(C)C. The van der Waals surface area contributed by atoms with Gasteiger partial charge in [0.25, 0.3) is 11.8 Å². The fourth-order valence-corrected chi connectivity index (χ4v) is 1.96. The Morgan fingerprint density at radius 3 is 1.95 bits per heavy atom. The summed E-state index contributed by atoms with van der Waals surface area (Å²) in [6, 6.07) is 6.30. The first-order valence-electron chi connectivity index (χ1n) is 6.58. The minimum atomic E-state index is -0.389. The van der Waals surface area contributed by atoms with Gasteiger partial charge in [-0.25, -0.2) is 0 Å². The summed E-state index contributed by atoms with van der Waals surface area (Å²) in [6.45, 7) is 7.58. The summed E-state index contributed by atoms with van der Waals surface area (Å²) < 4.78 is 0. The molecule has 2 rings (SSSR count). The maximum atomic E-state index is 12.1. The Morgan fingerprint density at radius 2 is 1.57 bits per heavy atom. The fraction of sp³-hybridized carbons (Fsp3) is 0.312. The number of benzene rings is 1. The zero-order valence-electron chi connectivity index (χ0n) is 12.6. The van der Waals surface area contributed by atoms with Crippen LogP contribution in [0, 0.1) is 0 Å². The minimum absolute atomic E-state index is 0.153. The van der Waals surface area contributed by atoms with Crippen LogP contribution in [-0.4, -0.2) is 54.1 Å². The molecule has 0 spiro atoms.